The van der Waals surface area contributed by atoms with Crippen LogP contribution in [0.15, 0.2) is 28.7 Å². The Labute approximate surface area is 108 Å². The molecule has 1 fully saturated rings. The second kappa shape index (κ2) is 4.75. The minimum absolute atomic E-state index is 0.331. The van der Waals surface area contributed by atoms with Crippen LogP contribution < -0.4 is 5.73 Å². The van der Waals surface area contributed by atoms with Crippen LogP contribution >= 0.6 is 0 Å². The number of para-hydroxylation sites is 1. The Hall–Kier alpha value is -1.32. The Morgan fingerprint density at radius 2 is 2.22 bits per heavy atom. The van der Waals surface area contributed by atoms with Gasteiger partial charge in [0.2, 0.25) is 0 Å². The van der Waals surface area contributed by atoms with Crippen LogP contribution in [-0.4, -0.2) is 24.0 Å². The van der Waals surface area contributed by atoms with Crippen molar-refractivity contribution in [1.82, 2.24) is 4.90 Å². The van der Waals surface area contributed by atoms with E-state index in [2.05, 4.69) is 24.0 Å². The number of hydrogen-bond acceptors (Lipinski definition) is 3. The average Bonchev–Trinajstić information content (AvgIpc) is 2.66. The van der Waals surface area contributed by atoms with E-state index in [-0.39, 0.29) is 0 Å². The van der Waals surface area contributed by atoms with Crippen LogP contribution in [-0.2, 0) is 6.54 Å². The predicted molar refractivity (Wildman–Crippen MR) is 73.4 cm³/mol. The van der Waals surface area contributed by atoms with Crippen molar-refractivity contribution in [2.24, 2.45) is 5.73 Å². The van der Waals surface area contributed by atoms with Crippen LogP contribution in [0.3, 0.4) is 0 Å². The van der Waals surface area contributed by atoms with Gasteiger partial charge in [-0.15, -0.1) is 0 Å². The molecule has 3 nitrogen and oxygen atoms in total. The van der Waals surface area contributed by atoms with Crippen molar-refractivity contribution in [2.75, 3.05) is 13.1 Å². The molecule has 18 heavy (non-hydrogen) atoms. The average molecular weight is 244 g/mol. The number of rotatable bonds is 2. The Kier molecular flexibility index (Phi) is 3.10. The molecule has 2 heterocycles. The van der Waals surface area contributed by atoms with Gasteiger partial charge in [0, 0.05) is 30.1 Å². The summed E-state index contributed by atoms with van der Waals surface area (Å²) >= 11 is 0. The SMILES string of the molecule is Cc1oc2ccccc2c1CN1CCCC(N)C1. The fourth-order valence-corrected chi connectivity index (χ4v) is 2.88. The lowest BCUT2D eigenvalue weighted by Gasteiger charge is -2.30. The maximum atomic E-state index is 6.04. The first-order chi connectivity index (χ1) is 8.74. The van der Waals surface area contributed by atoms with Crippen molar-refractivity contribution >= 4 is 11.0 Å². The van der Waals surface area contributed by atoms with E-state index in [1.54, 1.807) is 0 Å². The van der Waals surface area contributed by atoms with E-state index in [4.69, 9.17) is 10.2 Å². The smallest absolute Gasteiger partial charge is 0.134 e. The maximum absolute atomic E-state index is 6.04. The molecular weight excluding hydrogens is 224 g/mol. The van der Waals surface area contributed by atoms with Crippen molar-refractivity contribution in [1.29, 1.82) is 0 Å². The highest BCUT2D eigenvalue weighted by molar-refractivity contribution is 5.82. The van der Waals surface area contributed by atoms with Crippen LogP contribution in [0.4, 0.5) is 0 Å². The summed E-state index contributed by atoms with van der Waals surface area (Å²) in [7, 11) is 0. The highest BCUT2D eigenvalue weighted by atomic mass is 16.3. The van der Waals surface area contributed by atoms with Crippen molar-refractivity contribution < 1.29 is 4.42 Å². The van der Waals surface area contributed by atoms with Crippen molar-refractivity contribution in [3.05, 3.63) is 35.6 Å². The molecule has 96 valence electrons. The Morgan fingerprint density at radius 1 is 1.39 bits per heavy atom. The fourth-order valence-electron chi connectivity index (χ4n) is 2.88. The third-order valence-corrected chi connectivity index (χ3v) is 3.82. The molecule has 2 N–H and O–H groups in total. The molecule has 1 saturated heterocycles. The zero-order valence-electron chi connectivity index (χ0n) is 10.9. The van der Waals surface area contributed by atoms with E-state index in [0.717, 1.165) is 37.4 Å². The van der Waals surface area contributed by atoms with Crippen LogP contribution in [0.1, 0.15) is 24.2 Å². The molecule has 3 heteroatoms. The second-order valence-corrected chi connectivity index (χ2v) is 5.27. The van der Waals surface area contributed by atoms with Crippen LogP contribution in [0.25, 0.3) is 11.0 Å². The zero-order chi connectivity index (χ0) is 12.5. The van der Waals surface area contributed by atoms with Gasteiger partial charge < -0.3 is 10.2 Å². The number of hydrogen-bond donors (Lipinski definition) is 1. The molecule has 0 saturated carbocycles. The molecule has 1 aromatic carbocycles. The van der Waals surface area contributed by atoms with Crippen molar-refractivity contribution in [3.63, 3.8) is 0 Å². The number of likely N-dealkylation sites (tertiary alicyclic amines) is 1. The standard InChI is InChI=1S/C15H20N2O/c1-11-14(10-17-8-4-5-12(16)9-17)13-6-2-3-7-15(13)18-11/h2-3,6-7,12H,4-5,8-10,16H2,1H3. The highest BCUT2D eigenvalue weighted by Gasteiger charge is 2.19. The first kappa shape index (κ1) is 11.8. The van der Waals surface area contributed by atoms with Gasteiger partial charge in [0.25, 0.3) is 0 Å². The van der Waals surface area contributed by atoms with Gasteiger partial charge in [0.1, 0.15) is 11.3 Å². The highest BCUT2D eigenvalue weighted by Crippen LogP contribution is 2.27. The van der Waals surface area contributed by atoms with Crippen LogP contribution in [0.5, 0.6) is 0 Å². The molecular formula is C15H20N2O. The number of nitrogens with zero attached hydrogens (tertiary/aromatic N) is 1. The topological polar surface area (TPSA) is 42.4 Å². The summed E-state index contributed by atoms with van der Waals surface area (Å²) < 4.78 is 5.81. The van der Waals surface area contributed by atoms with E-state index in [0.29, 0.717) is 6.04 Å². The summed E-state index contributed by atoms with van der Waals surface area (Å²) in [4.78, 5) is 2.44. The van der Waals surface area contributed by atoms with Gasteiger partial charge in [0.05, 0.1) is 0 Å². The monoisotopic (exact) mass is 244 g/mol. The van der Waals surface area contributed by atoms with E-state index in [1.807, 2.05) is 12.1 Å². The number of fused-ring (bicyclic) bond motifs is 1. The van der Waals surface area contributed by atoms with E-state index in [9.17, 15) is 0 Å². The third-order valence-electron chi connectivity index (χ3n) is 3.82. The fraction of sp³-hybridized carbons (Fsp3) is 0.467. The zero-order valence-corrected chi connectivity index (χ0v) is 10.9. The normalized spacial score (nSPS) is 21.6. The molecule has 0 aliphatic carbocycles. The Morgan fingerprint density at radius 3 is 3.06 bits per heavy atom. The minimum Gasteiger partial charge on any atom is -0.461 e. The van der Waals surface area contributed by atoms with Gasteiger partial charge in [-0.25, -0.2) is 0 Å². The number of aryl methyl sites for hydroxylation is 1. The lowest BCUT2D eigenvalue weighted by atomic mass is 10.0. The van der Waals surface area contributed by atoms with Crippen LogP contribution in [0, 0.1) is 6.92 Å². The Balaban J connectivity index is 1.87. The summed E-state index contributed by atoms with van der Waals surface area (Å²) in [6.07, 6.45) is 2.36. The van der Waals surface area contributed by atoms with E-state index < -0.39 is 0 Å². The molecule has 1 unspecified atom stereocenters. The number of piperidine rings is 1. The molecule has 0 spiro atoms. The molecule has 1 aliphatic rings. The molecule has 1 aromatic heterocycles. The second-order valence-electron chi connectivity index (χ2n) is 5.27. The number of furan rings is 1. The molecule has 1 aliphatic heterocycles. The van der Waals surface area contributed by atoms with Gasteiger partial charge in [-0.05, 0) is 32.4 Å². The van der Waals surface area contributed by atoms with E-state index >= 15 is 0 Å². The number of benzene rings is 1. The van der Waals surface area contributed by atoms with Crippen LogP contribution in [0.2, 0.25) is 0 Å². The summed E-state index contributed by atoms with van der Waals surface area (Å²) in [5.74, 6) is 1.04. The van der Waals surface area contributed by atoms with Crippen molar-refractivity contribution in [3.8, 4) is 0 Å². The molecule has 2 aromatic rings. The molecule has 0 bridgehead atoms. The largest absolute Gasteiger partial charge is 0.461 e. The first-order valence-corrected chi connectivity index (χ1v) is 6.69. The molecule has 3 rings (SSSR count). The van der Waals surface area contributed by atoms with Crippen molar-refractivity contribution in [2.45, 2.75) is 32.4 Å². The lowest BCUT2D eigenvalue weighted by molar-refractivity contribution is 0.201. The lowest BCUT2D eigenvalue weighted by Crippen LogP contribution is -2.42. The maximum Gasteiger partial charge on any atom is 0.134 e. The van der Waals surface area contributed by atoms with Gasteiger partial charge in [0.15, 0.2) is 0 Å². The minimum atomic E-state index is 0.331. The first-order valence-electron chi connectivity index (χ1n) is 6.69. The molecule has 0 amide bonds. The summed E-state index contributed by atoms with van der Waals surface area (Å²) in [5, 5.41) is 1.24. The number of nitrogens with two attached hydrogens (primary N) is 1. The quantitative estimate of drug-likeness (QED) is 0.883. The summed E-state index contributed by atoms with van der Waals surface area (Å²) in [6, 6.07) is 8.60. The van der Waals surface area contributed by atoms with E-state index in [1.165, 1.54) is 17.4 Å². The summed E-state index contributed by atoms with van der Waals surface area (Å²) in [5.41, 5.74) is 8.35. The van der Waals surface area contributed by atoms with Gasteiger partial charge in [-0.3, -0.25) is 4.90 Å². The van der Waals surface area contributed by atoms with Gasteiger partial charge in [-0.2, -0.15) is 0 Å². The molecule has 0 radical (unpaired) electrons. The molecule has 1 atom stereocenters. The third kappa shape index (κ3) is 2.16. The van der Waals surface area contributed by atoms with Gasteiger partial charge >= 0.3 is 0 Å². The van der Waals surface area contributed by atoms with Gasteiger partial charge in [-0.1, -0.05) is 18.2 Å². The Bertz CT molecular complexity index is 546. The summed E-state index contributed by atoms with van der Waals surface area (Å²) in [6.45, 7) is 5.15. The predicted octanol–water partition coefficient (Wildman–Crippen LogP) is 2.66.